The Hall–Kier alpha value is -2.83. The number of hydrogen-bond acceptors (Lipinski definition) is 14. The predicted molar refractivity (Wildman–Crippen MR) is 146 cm³/mol. The number of carboxylic acids is 1. The fraction of sp³-hybridized carbons (Fsp3) is 0.250. The summed E-state index contributed by atoms with van der Waals surface area (Å²) in [7, 11) is 0. The first-order valence-electron chi connectivity index (χ1n) is 10.6. The molecule has 0 spiro atoms. The zero-order valence-electron chi connectivity index (χ0n) is 19.1. The molecule has 0 unspecified atom stereocenters. The SMILES string of the molecule is NCCSc1nccc(S/C=C/C2=C(C(=O)O)N3C(=O)[C@@H](NC(=O)C(=NO)c4nc(N)sc4Cl)[C@H]3SC2)n1. The van der Waals surface area contributed by atoms with Gasteiger partial charge < -0.3 is 27.1 Å². The molecule has 1 saturated heterocycles. The zero-order valence-corrected chi connectivity index (χ0v) is 23.1. The van der Waals surface area contributed by atoms with Crippen LogP contribution < -0.4 is 16.8 Å². The number of rotatable bonds is 10. The second kappa shape index (κ2) is 12.4. The maximum atomic E-state index is 12.9. The number of nitrogens with zero attached hydrogens (tertiary/aromatic N) is 5. The van der Waals surface area contributed by atoms with Crippen LogP contribution in [-0.2, 0) is 14.4 Å². The number of amides is 2. The minimum Gasteiger partial charge on any atom is -0.477 e. The second-order valence-electron chi connectivity index (χ2n) is 7.40. The molecular weight excluding hydrogens is 596 g/mol. The van der Waals surface area contributed by atoms with E-state index in [1.165, 1.54) is 35.3 Å². The second-order valence-corrected chi connectivity index (χ2v) is 12.1. The number of thiazole rings is 1. The lowest BCUT2D eigenvalue weighted by Gasteiger charge is -2.49. The molecule has 2 aliphatic rings. The number of carbonyl (C=O) groups is 3. The summed E-state index contributed by atoms with van der Waals surface area (Å²) in [6.45, 7) is 0.501. The summed E-state index contributed by atoms with van der Waals surface area (Å²) >= 11 is 10.9. The number of halogens is 1. The number of oxime groups is 1. The summed E-state index contributed by atoms with van der Waals surface area (Å²) in [6, 6.07) is 0.682. The Morgan fingerprint density at radius 3 is 2.84 bits per heavy atom. The van der Waals surface area contributed by atoms with Crippen molar-refractivity contribution in [3.8, 4) is 0 Å². The van der Waals surface area contributed by atoms with Gasteiger partial charge in [-0.25, -0.2) is 19.7 Å². The van der Waals surface area contributed by atoms with Crippen LogP contribution in [0.5, 0.6) is 0 Å². The first-order chi connectivity index (χ1) is 18.2. The molecule has 18 heteroatoms. The number of allylic oxidation sites excluding steroid dienone is 1. The van der Waals surface area contributed by atoms with Gasteiger partial charge in [0.25, 0.3) is 11.8 Å². The highest BCUT2D eigenvalue weighted by Crippen LogP contribution is 2.41. The minimum absolute atomic E-state index is 0.0388. The normalized spacial score (nSPS) is 19.5. The highest BCUT2D eigenvalue weighted by Gasteiger charge is 2.54. The number of nitrogens with two attached hydrogens (primary N) is 2. The van der Waals surface area contributed by atoms with Crippen molar-refractivity contribution in [1.29, 1.82) is 0 Å². The first-order valence-corrected chi connectivity index (χ1v) is 14.7. The summed E-state index contributed by atoms with van der Waals surface area (Å²) < 4.78 is 0.0388. The summed E-state index contributed by atoms with van der Waals surface area (Å²) in [5, 5.41) is 27.0. The van der Waals surface area contributed by atoms with Gasteiger partial charge in [-0.15, -0.1) is 11.8 Å². The largest absolute Gasteiger partial charge is 0.477 e. The molecule has 38 heavy (non-hydrogen) atoms. The average Bonchev–Trinajstić information content (AvgIpc) is 3.23. The Kier molecular flexibility index (Phi) is 9.16. The van der Waals surface area contributed by atoms with E-state index in [2.05, 4.69) is 25.4 Å². The van der Waals surface area contributed by atoms with Gasteiger partial charge >= 0.3 is 5.97 Å². The number of aliphatic carboxylic acids is 1. The lowest BCUT2D eigenvalue weighted by molar-refractivity contribution is -0.150. The van der Waals surface area contributed by atoms with E-state index in [-0.39, 0.29) is 26.6 Å². The van der Waals surface area contributed by atoms with Crippen LogP contribution in [0.25, 0.3) is 0 Å². The topological polar surface area (TPSA) is 210 Å². The molecule has 0 aromatic carbocycles. The number of hydrogen-bond donors (Lipinski definition) is 5. The number of fused-ring (bicyclic) bond motifs is 1. The van der Waals surface area contributed by atoms with E-state index in [4.69, 9.17) is 23.1 Å². The van der Waals surface area contributed by atoms with Crippen LogP contribution in [0.1, 0.15) is 5.69 Å². The van der Waals surface area contributed by atoms with Gasteiger partial charge in [0, 0.05) is 24.2 Å². The summed E-state index contributed by atoms with van der Waals surface area (Å²) in [5.74, 6) is -1.84. The van der Waals surface area contributed by atoms with Crippen LogP contribution in [0.2, 0.25) is 4.34 Å². The number of anilines is 1. The molecule has 2 aromatic heterocycles. The average molecular weight is 615 g/mol. The monoisotopic (exact) mass is 614 g/mol. The summed E-state index contributed by atoms with van der Waals surface area (Å²) in [5.41, 5.74) is 10.7. The predicted octanol–water partition coefficient (Wildman–Crippen LogP) is 1.44. The molecule has 2 aliphatic heterocycles. The highest BCUT2D eigenvalue weighted by atomic mass is 35.5. The molecule has 200 valence electrons. The molecule has 0 aliphatic carbocycles. The van der Waals surface area contributed by atoms with Crippen molar-refractivity contribution < 1.29 is 24.7 Å². The molecule has 1 fully saturated rings. The van der Waals surface area contributed by atoms with E-state index >= 15 is 0 Å². The number of aromatic nitrogens is 3. The minimum atomic E-state index is -1.28. The van der Waals surface area contributed by atoms with Gasteiger partial charge in [0.15, 0.2) is 16.0 Å². The van der Waals surface area contributed by atoms with E-state index in [0.717, 1.165) is 16.2 Å². The quantitative estimate of drug-likeness (QED) is 0.0488. The van der Waals surface area contributed by atoms with Gasteiger partial charge in [0.1, 0.15) is 32.2 Å². The van der Waals surface area contributed by atoms with Crippen molar-refractivity contribution in [3.05, 3.63) is 45.0 Å². The number of nitrogen functional groups attached to an aromatic ring is 1. The molecule has 2 aromatic rings. The summed E-state index contributed by atoms with van der Waals surface area (Å²) in [6.07, 6.45) is 3.25. The van der Waals surface area contributed by atoms with Gasteiger partial charge in [-0.3, -0.25) is 14.5 Å². The molecule has 7 N–H and O–H groups in total. The maximum Gasteiger partial charge on any atom is 0.352 e. The Labute approximate surface area is 237 Å². The fourth-order valence-electron chi connectivity index (χ4n) is 3.44. The van der Waals surface area contributed by atoms with E-state index < -0.39 is 34.9 Å². The van der Waals surface area contributed by atoms with Gasteiger partial charge in [0.2, 0.25) is 0 Å². The molecule has 4 rings (SSSR count). The number of nitrogens with one attached hydrogen (secondary N) is 1. The van der Waals surface area contributed by atoms with Gasteiger partial charge in [-0.1, -0.05) is 51.6 Å². The third-order valence-electron chi connectivity index (χ3n) is 5.04. The molecule has 4 heterocycles. The zero-order chi connectivity index (χ0) is 27.4. The number of thioether (sulfide) groups is 3. The third-order valence-corrected chi connectivity index (χ3v) is 9.07. The van der Waals surface area contributed by atoms with Crippen LogP contribution in [0.4, 0.5) is 5.13 Å². The van der Waals surface area contributed by atoms with Crippen molar-refractivity contribution >= 4 is 86.9 Å². The fourth-order valence-corrected chi connectivity index (χ4v) is 6.99. The van der Waals surface area contributed by atoms with Crippen LogP contribution in [0.15, 0.2) is 50.4 Å². The standard InChI is InChI=1S/C20H19ClN8O5S4/c21-14-10(27-19(23)38-14)11(28-34)15(30)26-12-16(31)29-13(18(32)33)8(7-37-17(12)29)2-5-35-9-1-4-24-20(25-9)36-6-3-22/h1-2,4-5,12,17,34H,3,6-7,22H2,(H2,23,27)(H,26,30)(H,32,33)/b5-2+,28-11?/t12-,17-/m1/s1. The molecule has 2 atom stereocenters. The first kappa shape index (κ1) is 28.2. The van der Waals surface area contributed by atoms with Crippen molar-refractivity contribution in [2.75, 3.05) is 23.8 Å². The molecule has 0 bridgehead atoms. The Morgan fingerprint density at radius 2 is 2.18 bits per heavy atom. The van der Waals surface area contributed by atoms with E-state index in [1.807, 2.05) is 0 Å². The van der Waals surface area contributed by atoms with Crippen molar-refractivity contribution in [1.82, 2.24) is 25.2 Å². The maximum absolute atomic E-state index is 12.9. The molecule has 2 amide bonds. The third kappa shape index (κ3) is 5.92. The van der Waals surface area contributed by atoms with E-state index in [0.29, 0.717) is 28.1 Å². The lowest BCUT2D eigenvalue weighted by atomic mass is 10.0. The smallest absolute Gasteiger partial charge is 0.352 e. The Balaban J connectivity index is 1.46. The van der Waals surface area contributed by atoms with E-state index in [1.54, 1.807) is 23.7 Å². The van der Waals surface area contributed by atoms with Crippen molar-refractivity contribution in [2.24, 2.45) is 10.9 Å². The van der Waals surface area contributed by atoms with Crippen LogP contribution in [-0.4, -0.2) is 83.1 Å². The van der Waals surface area contributed by atoms with E-state index in [9.17, 15) is 24.7 Å². The van der Waals surface area contributed by atoms with Crippen molar-refractivity contribution in [3.63, 3.8) is 0 Å². The number of carbonyl (C=O) groups excluding carboxylic acids is 2. The molecular formula is C20H19ClN8O5S4. The summed E-state index contributed by atoms with van der Waals surface area (Å²) in [4.78, 5) is 51.3. The Morgan fingerprint density at radius 1 is 1.39 bits per heavy atom. The van der Waals surface area contributed by atoms with Gasteiger partial charge in [0.05, 0.1) is 0 Å². The number of β-lactam (4-membered cyclic amide) rings is 1. The van der Waals surface area contributed by atoms with Gasteiger partial charge in [-0.05, 0) is 23.1 Å². The van der Waals surface area contributed by atoms with Crippen LogP contribution >= 0.6 is 58.2 Å². The van der Waals surface area contributed by atoms with Crippen LogP contribution in [0, 0.1) is 0 Å². The Bertz CT molecular complexity index is 1370. The molecule has 13 nitrogen and oxygen atoms in total. The van der Waals surface area contributed by atoms with Crippen LogP contribution in [0.3, 0.4) is 0 Å². The van der Waals surface area contributed by atoms with Crippen molar-refractivity contribution in [2.45, 2.75) is 21.6 Å². The van der Waals surface area contributed by atoms with Gasteiger partial charge in [-0.2, -0.15) is 0 Å². The molecule has 0 saturated carbocycles. The number of carboxylic acid groups (broad SMARTS) is 1. The lowest BCUT2D eigenvalue weighted by Crippen LogP contribution is -2.71. The molecule has 0 radical (unpaired) electrons. The highest BCUT2D eigenvalue weighted by molar-refractivity contribution is 8.02.